The Kier molecular flexibility index (Phi) is 17.7. The van der Waals surface area contributed by atoms with Crippen molar-refractivity contribution in [2.45, 2.75) is 0 Å². The molecule has 0 aliphatic carbocycles. The summed E-state index contributed by atoms with van der Waals surface area (Å²) in [5.74, 6) is 0. The van der Waals surface area contributed by atoms with Crippen molar-refractivity contribution in [3.8, 4) is 0 Å². The SMILES string of the molecule is O=S(=O)(O)O.O=S(=O)(O)O.[AlH3].[CaH2]. The summed E-state index contributed by atoms with van der Waals surface area (Å²) in [6.07, 6.45) is 0. The fourth-order valence-corrected chi connectivity index (χ4v) is 0. The van der Waals surface area contributed by atoms with Gasteiger partial charge >= 0.3 is 58.5 Å². The zero-order chi connectivity index (χ0) is 9.00. The molecule has 0 aliphatic heterocycles. The van der Waals surface area contributed by atoms with Crippen LogP contribution in [0.1, 0.15) is 0 Å². The Morgan fingerprint density at radius 1 is 0.667 bits per heavy atom. The van der Waals surface area contributed by atoms with E-state index in [1.807, 2.05) is 0 Å². The van der Waals surface area contributed by atoms with E-state index >= 15 is 0 Å². The predicted octanol–water partition coefficient (Wildman–Crippen LogP) is -3.41. The van der Waals surface area contributed by atoms with E-state index in [1.165, 1.54) is 0 Å². The monoisotopic (exact) mass is 268 g/mol. The zero-order valence-corrected chi connectivity index (χ0v) is 5.87. The molecule has 12 heteroatoms. The normalized spacial score (nSPS) is 9.67. The molecule has 4 N–H and O–H groups in total. The molecule has 0 aromatic rings. The average Bonchev–Trinajstić information content (AvgIpc) is 1.12. The molecule has 74 valence electrons. The minimum absolute atomic E-state index is 0. The predicted molar refractivity (Wildman–Crippen MR) is 46.8 cm³/mol. The van der Waals surface area contributed by atoms with Crippen molar-refractivity contribution in [1.29, 1.82) is 0 Å². The van der Waals surface area contributed by atoms with E-state index in [2.05, 4.69) is 0 Å². The Hall–Kier alpha value is 1.53. The molecule has 0 saturated carbocycles. The number of hydrogen-bond donors (Lipinski definition) is 4. The summed E-state index contributed by atoms with van der Waals surface area (Å²) in [6.45, 7) is 0. The fraction of sp³-hybridized carbons (Fsp3) is 0. The summed E-state index contributed by atoms with van der Waals surface area (Å²) >= 11 is 0. The first kappa shape index (κ1) is 23.4. The molecule has 0 aromatic heterocycles. The van der Waals surface area contributed by atoms with Crippen LogP contribution in [0.5, 0.6) is 0 Å². The second kappa shape index (κ2) is 9.10. The maximum atomic E-state index is 8.74. The van der Waals surface area contributed by atoms with Crippen LogP contribution in [0.4, 0.5) is 0 Å². The third kappa shape index (κ3) is 545. The van der Waals surface area contributed by atoms with Gasteiger partial charge in [-0.05, 0) is 0 Å². The van der Waals surface area contributed by atoms with Crippen LogP contribution in [0.3, 0.4) is 0 Å². The molecule has 0 radical (unpaired) electrons. The van der Waals surface area contributed by atoms with Gasteiger partial charge in [-0.25, -0.2) is 0 Å². The molecule has 0 amide bonds. The molecule has 0 bridgehead atoms. The van der Waals surface area contributed by atoms with Gasteiger partial charge in [-0.2, -0.15) is 16.8 Å². The molecule has 8 nitrogen and oxygen atoms in total. The Balaban J connectivity index is -0.0000000457. The van der Waals surface area contributed by atoms with Crippen molar-refractivity contribution < 1.29 is 35.0 Å². The second-order valence-electron chi connectivity index (χ2n) is 0.896. The molecular formula is H9AlCaO8S2. The van der Waals surface area contributed by atoms with E-state index < -0.39 is 20.8 Å². The fourth-order valence-electron chi connectivity index (χ4n) is 0. The molecule has 12 heavy (non-hydrogen) atoms. The maximum absolute atomic E-state index is 8.74. The number of hydrogen-bond acceptors (Lipinski definition) is 4. The van der Waals surface area contributed by atoms with Crippen molar-refractivity contribution in [1.82, 2.24) is 0 Å². The van der Waals surface area contributed by atoms with Gasteiger partial charge in [-0.3, -0.25) is 18.2 Å². The van der Waals surface area contributed by atoms with Crippen LogP contribution in [-0.4, -0.2) is 90.1 Å². The van der Waals surface area contributed by atoms with Crippen LogP contribution >= 0.6 is 0 Å². The Morgan fingerprint density at radius 2 is 0.667 bits per heavy atom. The van der Waals surface area contributed by atoms with Crippen LogP contribution in [0, 0.1) is 0 Å². The Bertz CT molecular complexity index is 213. The third-order valence-corrected chi connectivity index (χ3v) is 0. The molecule has 0 aliphatic rings. The first-order chi connectivity index (χ1) is 4.00. The van der Waals surface area contributed by atoms with Gasteiger partial charge in [0.2, 0.25) is 0 Å². The average molecular weight is 268 g/mol. The van der Waals surface area contributed by atoms with E-state index in [-0.39, 0.29) is 55.1 Å². The molecule has 0 atom stereocenters. The molecule has 0 spiro atoms. The second-order valence-corrected chi connectivity index (χ2v) is 2.69. The van der Waals surface area contributed by atoms with E-state index in [1.54, 1.807) is 0 Å². The molecule has 0 heterocycles. The van der Waals surface area contributed by atoms with Crippen molar-refractivity contribution in [2.75, 3.05) is 0 Å². The summed E-state index contributed by atoms with van der Waals surface area (Å²) in [5, 5.41) is 0. The molecule has 0 fully saturated rings. The van der Waals surface area contributed by atoms with Crippen molar-refractivity contribution >= 4 is 75.9 Å². The van der Waals surface area contributed by atoms with Crippen LogP contribution in [0.25, 0.3) is 0 Å². The Morgan fingerprint density at radius 3 is 0.667 bits per heavy atom. The first-order valence-corrected chi connectivity index (χ1v) is 4.19. The van der Waals surface area contributed by atoms with E-state index in [9.17, 15) is 0 Å². The molecule has 0 rings (SSSR count). The minimum atomic E-state index is -4.67. The summed E-state index contributed by atoms with van der Waals surface area (Å²) < 4.78 is 63.2. The quantitative estimate of drug-likeness (QED) is 0.262. The standard InChI is InChI=1S/Al.Ca.2H2O4S.5H/c;;2*1-5(2,3)4;;;;;/h;;2*(H2,1,2,3,4);;;;;. The summed E-state index contributed by atoms with van der Waals surface area (Å²) in [4.78, 5) is 0. The van der Waals surface area contributed by atoms with Crippen molar-refractivity contribution in [2.24, 2.45) is 0 Å². The summed E-state index contributed by atoms with van der Waals surface area (Å²) in [7, 11) is -9.33. The van der Waals surface area contributed by atoms with Crippen LogP contribution in [0.2, 0.25) is 0 Å². The van der Waals surface area contributed by atoms with Gasteiger partial charge < -0.3 is 0 Å². The van der Waals surface area contributed by atoms with Crippen LogP contribution in [0.15, 0.2) is 0 Å². The van der Waals surface area contributed by atoms with E-state index in [4.69, 9.17) is 35.0 Å². The van der Waals surface area contributed by atoms with Crippen molar-refractivity contribution in [3.63, 3.8) is 0 Å². The van der Waals surface area contributed by atoms with Gasteiger partial charge in [0.05, 0.1) is 0 Å². The topological polar surface area (TPSA) is 149 Å². The first-order valence-electron chi connectivity index (χ1n) is 1.40. The van der Waals surface area contributed by atoms with Crippen LogP contribution in [-0.2, 0) is 20.8 Å². The molecule has 0 aromatic carbocycles. The number of rotatable bonds is 0. The van der Waals surface area contributed by atoms with Gasteiger partial charge in [0.1, 0.15) is 0 Å². The molecular weight excluding hydrogens is 259 g/mol. The van der Waals surface area contributed by atoms with Gasteiger partial charge in [-0.1, -0.05) is 0 Å². The molecule has 0 saturated heterocycles. The van der Waals surface area contributed by atoms with Crippen molar-refractivity contribution in [3.05, 3.63) is 0 Å². The van der Waals surface area contributed by atoms with Gasteiger partial charge in [-0.15, -0.1) is 0 Å². The van der Waals surface area contributed by atoms with E-state index in [0.29, 0.717) is 0 Å². The summed E-state index contributed by atoms with van der Waals surface area (Å²) in [5.41, 5.74) is 0. The zero-order valence-electron chi connectivity index (χ0n) is 4.24. The van der Waals surface area contributed by atoms with Gasteiger partial charge in [0.15, 0.2) is 17.4 Å². The van der Waals surface area contributed by atoms with Gasteiger partial charge in [0, 0.05) is 0 Å². The molecule has 0 unspecified atom stereocenters. The third-order valence-electron chi connectivity index (χ3n) is 0. The van der Waals surface area contributed by atoms with Crippen LogP contribution < -0.4 is 0 Å². The summed E-state index contributed by atoms with van der Waals surface area (Å²) in [6, 6.07) is 0. The van der Waals surface area contributed by atoms with Gasteiger partial charge in [0.25, 0.3) is 0 Å². The Labute approximate surface area is 110 Å². The van der Waals surface area contributed by atoms with E-state index in [0.717, 1.165) is 0 Å².